The van der Waals surface area contributed by atoms with Gasteiger partial charge in [-0.25, -0.2) is 4.99 Å². The summed E-state index contributed by atoms with van der Waals surface area (Å²) in [4.78, 5) is 19.9. The second-order valence-electron chi connectivity index (χ2n) is 5.82. The number of halogens is 2. The number of carbonyl (C=O) groups excluding carboxylic acids is 1. The lowest BCUT2D eigenvalue weighted by Gasteiger charge is -2.32. The first-order chi connectivity index (χ1) is 11.6. The van der Waals surface area contributed by atoms with Gasteiger partial charge in [0.15, 0.2) is 5.60 Å². The van der Waals surface area contributed by atoms with Gasteiger partial charge in [-0.05, 0) is 24.3 Å². The van der Waals surface area contributed by atoms with Crippen molar-refractivity contribution in [3.63, 3.8) is 0 Å². The topological polar surface area (TPSA) is 41.9 Å². The fourth-order valence-electron chi connectivity index (χ4n) is 3.36. The number of ether oxygens (including phenoxy) is 1. The van der Waals surface area contributed by atoms with Crippen molar-refractivity contribution >= 4 is 46.2 Å². The van der Waals surface area contributed by atoms with Gasteiger partial charge in [-0.1, -0.05) is 41.4 Å². The highest BCUT2D eigenvalue weighted by molar-refractivity contribution is 6.43. The summed E-state index contributed by atoms with van der Waals surface area (Å²) in [5.41, 5.74) is 0.885. The fraction of sp³-hybridized carbons (Fsp3) is 0.222. The molecule has 4 nitrogen and oxygen atoms in total. The van der Waals surface area contributed by atoms with Crippen molar-refractivity contribution in [2.75, 3.05) is 18.6 Å². The third kappa shape index (κ3) is 2.10. The first kappa shape index (κ1) is 15.6. The Hall–Kier alpha value is -1.88. The van der Waals surface area contributed by atoms with Gasteiger partial charge in [0, 0.05) is 31.3 Å². The molecule has 0 aromatic heterocycles. The van der Waals surface area contributed by atoms with E-state index < -0.39 is 5.60 Å². The number of carbonyl (C=O) groups is 1. The number of Topliss-reactive ketones (excluding diaryl/α,β-unsaturated/α-hetero) is 1. The lowest BCUT2D eigenvalue weighted by molar-refractivity contribution is 0.0388. The zero-order valence-electron chi connectivity index (χ0n) is 12.9. The van der Waals surface area contributed by atoms with Crippen molar-refractivity contribution in [3.05, 3.63) is 58.1 Å². The maximum atomic E-state index is 13.2. The number of hydrogen-bond acceptors (Lipinski definition) is 4. The molecule has 1 fully saturated rings. The molecule has 0 amide bonds. The summed E-state index contributed by atoms with van der Waals surface area (Å²) in [6.45, 7) is 0.651. The number of ketones is 1. The number of fused-ring (bicyclic) bond motifs is 2. The van der Waals surface area contributed by atoms with Crippen molar-refractivity contribution < 1.29 is 9.53 Å². The summed E-state index contributed by atoms with van der Waals surface area (Å²) in [7, 11) is 1.55. The zero-order chi connectivity index (χ0) is 16.9. The van der Waals surface area contributed by atoms with Gasteiger partial charge in [-0.2, -0.15) is 0 Å². The molecule has 2 aliphatic rings. The van der Waals surface area contributed by atoms with Crippen LogP contribution < -0.4 is 4.90 Å². The van der Waals surface area contributed by atoms with Crippen molar-refractivity contribution in [3.8, 4) is 0 Å². The number of aliphatic imine (C=N–C) groups is 1. The van der Waals surface area contributed by atoms with Gasteiger partial charge in [-0.15, -0.1) is 0 Å². The molecule has 1 saturated heterocycles. The highest BCUT2D eigenvalue weighted by Crippen LogP contribution is 2.43. The van der Waals surface area contributed by atoms with Crippen LogP contribution in [0.15, 0.2) is 47.5 Å². The molecule has 0 spiro atoms. The van der Waals surface area contributed by atoms with Crippen LogP contribution >= 0.6 is 23.2 Å². The lowest BCUT2D eigenvalue weighted by atomic mass is 9.87. The maximum Gasteiger partial charge on any atom is 0.204 e. The molecule has 2 aromatic rings. The third-order valence-electron chi connectivity index (χ3n) is 4.60. The highest BCUT2D eigenvalue weighted by atomic mass is 35.5. The van der Waals surface area contributed by atoms with Crippen molar-refractivity contribution in [1.29, 1.82) is 0 Å². The van der Waals surface area contributed by atoms with Gasteiger partial charge in [-0.3, -0.25) is 4.79 Å². The van der Waals surface area contributed by atoms with Crippen molar-refractivity contribution in [2.24, 2.45) is 4.99 Å². The number of methoxy groups -OCH3 is 1. The number of hydrogen-bond donors (Lipinski definition) is 0. The number of rotatable bonds is 2. The molecular formula is C18H14Cl2N2O2. The minimum Gasteiger partial charge on any atom is -0.362 e. The van der Waals surface area contributed by atoms with Crippen LogP contribution in [0.25, 0.3) is 0 Å². The van der Waals surface area contributed by atoms with E-state index in [0.717, 1.165) is 5.69 Å². The summed E-state index contributed by atoms with van der Waals surface area (Å²) < 4.78 is 5.70. The van der Waals surface area contributed by atoms with Crippen LogP contribution in [0.2, 0.25) is 10.0 Å². The first-order valence-corrected chi connectivity index (χ1v) is 8.33. The first-order valence-electron chi connectivity index (χ1n) is 7.57. The Bertz CT molecular complexity index is 867. The maximum absolute atomic E-state index is 13.2. The molecule has 6 heteroatoms. The van der Waals surface area contributed by atoms with Crippen LogP contribution in [0.4, 0.5) is 11.4 Å². The van der Waals surface area contributed by atoms with E-state index in [9.17, 15) is 4.79 Å². The van der Waals surface area contributed by atoms with E-state index >= 15 is 0 Å². The number of amidine groups is 1. The molecule has 2 aliphatic heterocycles. The molecule has 0 saturated carbocycles. The fourth-order valence-corrected chi connectivity index (χ4v) is 3.68. The largest absolute Gasteiger partial charge is 0.362 e. The van der Waals surface area contributed by atoms with Crippen LogP contribution in [0.3, 0.4) is 0 Å². The Balaban J connectivity index is 1.92. The van der Waals surface area contributed by atoms with Gasteiger partial charge < -0.3 is 9.64 Å². The summed E-state index contributed by atoms with van der Waals surface area (Å²) in [5, 5.41) is 0.716. The molecule has 0 radical (unpaired) electrons. The number of para-hydroxylation sites is 1. The van der Waals surface area contributed by atoms with E-state index in [1.54, 1.807) is 19.2 Å². The highest BCUT2D eigenvalue weighted by Gasteiger charge is 2.54. The van der Waals surface area contributed by atoms with E-state index in [1.165, 1.54) is 0 Å². The minimum absolute atomic E-state index is 0.123. The summed E-state index contributed by atoms with van der Waals surface area (Å²) >= 11 is 12.2. The van der Waals surface area contributed by atoms with E-state index in [4.69, 9.17) is 32.9 Å². The van der Waals surface area contributed by atoms with Crippen LogP contribution in [0.1, 0.15) is 16.8 Å². The van der Waals surface area contributed by atoms with Gasteiger partial charge in [0.1, 0.15) is 5.84 Å². The minimum atomic E-state index is -1.07. The average Bonchev–Trinajstić information content (AvgIpc) is 2.98. The second kappa shape index (κ2) is 5.59. The number of benzene rings is 2. The Morgan fingerprint density at radius 3 is 2.58 bits per heavy atom. The van der Waals surface area contributed by atoms with Gasteiger partial charge in [0.05, 0.1) is 15.7 Å². The smallest absolute Gasteiger partial charge is 0.204 e. The lowest BCUT2D eigenvalue weighted by Crippen LogP contribution is -2.50. The van der Waals surface area contributed by atoms with Crippen LogP contribution in [-0.4, -0.2) is 30.9 Å². The summed E-state index contributed by atoms with van der Waals surface area (Å²) in [6.07, 6.45) is 0.537. The molecule has 24 heavy (non-hydrogen) atoms. The molecule has 4 rings (SSSR count). The van der Waals surface area contributed by atoms with Crippen LogP contribution in [0, 0.1) is 0 Å². The third-order valence-corrected chi connectivity index (χ3v) is 5.32. The SMILES string of the molecule is CO[C@@]12CCN(c3ccccc3)C1=Nc1cc(Cl)c(Cl)cc1C2=O. The van der Waals surface area contributed by atoms with E-state index in [2.05, 4.69) is 0 Å². The predicted molar refractivity (Wildman–Crippen MR) is 96.0 cm³/mol. The zero-order valence-corrected chi connectivity index (χ0v) is 14.4. The number of nitrogens with zero attached hydrogens (tertiary/aromatic N) is 2. The molecule has 1 atom stereocenters. The van der Waals surface area contributed by atoms with Crippen molar-refractivity contribution in [2.45, 2.75) is 12.0 Å². The Morgan fingerprint density at radius 1 is 1.17 bits per heavy atom. The Morgan fingerprint density at radius 2 is 1.88 bits per heavy atom. The quantitative estimate of drug-likeness (QED) is 0.790. The standard InChI is InChI=1S/C18H14Cl2N2O2/c1-24-18-7-8-22(11-5-3-2-4-6-11)17(18)21-15-10-14(20)13(19)9-12(15)16(18)23/h2-6,9-10H,7-8H2,1H3/t18-/m1/s1. The van der Waals surface area contributed by atoms with Gasteiger partial charge >= 0.3 is 0 Å². The molecule has 0 bridgehead atoms. The van der Waals surface area contributed by atoms with E-state index in [1.807, 2.05) is 35.2 Å². The van der Waals surface area contributed by atoms with Crippen LogP contribution in [-0.2, 0) is 4.74 Å². The number of anilines is 1. The monoisotopic (exact) mass is 360 g/mol. The molecule has 0 N–H and O–H groups in total. The molecule has 2 aromatic carbocycles. The Labute approximate surface area is 149 Å². The molecule has 0 unspecified atom stereocenters. The normalized spacial score (nSPS) is 22.2. The molecule has 122 valence electrons. The van der Waals surface area contributed by atoms with E-state index in [0.29, 0.717) is 40.1 Å². The van der Waals surface area contributed by atoms with Gasteiger partial charge in [0.25, 0.3) is 0 Å². The molecule has 0 aliphatic carbocycles. The van der Waals surface area contributed by atoms with Crippen LogP contribution in [0.5, 0.6) is 0 Å². The van der Waals surface area contributed by atoms with E-state index in [-0.39, 0.29) is 5.78 Å². The van der Waals surface area contributed by atoms with Crippen molar-refractivity contribution in [1.82, 2.24) is 0 Å². The predicted octanol–water partition coefficient (Wildman–Crippen LogP) is 4.52. The Kier molecular flexibility index (Phi) is 3.64. The molecule has 2 heterocycles. The summed E-state index contributed by atoms with van der Waals surface area (Å²) in [5.74, 6) is 0.481. The summed E-state index contributed by atoms with van der Waals surface area (Å²) in [6, 6.07) is 13.1. The van der Waals surface area contributed by atoms with Gasteiger partial charge in [0.2, 0.25) is 5.78 Å². The molecular weight excluding hydrogens is 347 g/mol. The second-order valence-corrected chi connectivity index (χ2v) is 6.63. The average molecular weight is 361 g/mol.